The summed E-state index contributed by atoms with van der Waals surface area (Å²) < 4.78 is 38.4. The maximum Gasteiger partial charge on any atom is 0.244 e. The number of para-hydroxylation sites is 1. The molecule has 0 bridgehead atoms. The average molecular weight is 362 g/mol. The molecule has 1 heterocycles. The molecule has 0 fully saturated rings. The predicted molar refractivity (Wildman–Crippen MR) is 87.3 cm³/mol. The summed E-state index contributed by atoms with van der Waals surface area (Å²) in [4.78, 5) is 0.951. The van der Waals surface area contributed by atoms with Crippen molar-refractivity contribution in [2.45, 2.75) is 11.0 Å². The van der Waals surface area contributed by atoms with Gasteiger partial charge in [-0.2, -0.15) is 0 Å². The number of hydrogen-bond acceptors (Lipinski definition) is 5. The number of halogens is 1. The lowest BCUT2D eigenvalue weighted by molar-refractivity contribution is 0.110. The third-order valence-corrected chi connectivity index (χ3v) is 5.80. The van der Waals surface area contributed by atoms with E-state index in [1.54, 1.807) is 24.3 Å². The Morgan fingerprint density at radius 2 is 1.95 bits per heavy atom. The Morgan fingerprint density at radius 1 is 1.23 bits per heavy atom. The van der Waals surface area contributed by atoms with Crippen LogP contribution in [-0.4, -0.2) is 29.2 Å². The average Bonchev–Trinajstić information content (AvgIpc) is 2.94. The summed E-state index contributed by atoms with van der Waals surface area (Å²) in [6.07, 6.45) is -0.401. The molecule has 1 atom stereocenters. The van der Waals surface area contributed by atoms with Gasteiger partial charge in [0.25, 0.3) is 0 Å². The van der Waals surface area contributed by atoms with Crippen LogP contribution in [0.5, 0.6) is 5.75 Å². The molecule has 0 saturated heterocycles. The third kappa shape index (κ3) is 3.99. The van der Waals surface area contributed by atoms with Crippen molar-refractivity contribution >= 4 is 33.0 Å². The molecular weight excluding hydrogens is 346 g/mol. The number of nitrogens with one attached hydrogen (secondary N) is 1. The number of rotatable bonds is 7. The largest absolute Gasteiger partial charge is 0.495 e. The zero-order valence-corrected chi connectivity index (χ0v) is 14.5. The zero-order valence-electron chi connectivity index (χ0n) is 12.1. The normalized spacial score (nSPS) is 13.0. The molecule has 1 aromatic carbocycles. The van der Waals surface area contributed by atoms with Gasteiger partial charge in [0, 0.05) is 18.5 Å². The molecule has 0 radical (unpaired) electrons. The van der Waals surface area contributed by atoms with Gasteiger partial charge >= 0.3 is 0 Å². The first-order valence-corrected chi connectivity index (χ1v) is 9.06. The van der Waals surface area contributed by atoms with Gasteiger partial charge in [-0.3, -0.25) is 0 Å². The molecule has 1 unspecified atom stereocenters. The van der Waals surface area contributed by atoms with Gasteiger partial charge in [0.1, 0.15) is 16.7 Å². The maximum atomic E-state index is 12.4. The summed E-state index contributed by atoms with van der Waals surface area (Å²) in [5.41, 5.74) is 0. The summed E-state index contributed by atoms with van der Waals surface area (Å²) in [6, 6.07) is 10.0. The van der Waals surface area contributed by atoms with Crippen LogP contribution in [0.3, 0.4) is 0 Å². The van der Waals surface area contributed by atoms with E-state index in [9.17, 15) is 8.42 Å². The standard InChI is InChI=1S/C14H16ClNO4S2/c1-19-10-5-3-4-6-13(10)22(17,18)16-9-11(20-2)12-7-8-14(15)21-12/h3-8,11,16H,9H2,1-2H3. The molecular formula is C14H16ClNO4S2. The Kier molecular flexibility index (Phi) is 5.82. The Labute approximate surface area is 138 Å². The molecule has 0 aliphatic rings. The first kappa shape index (κ1) is 17.2. The van der Waals surface area contributed by atoms with Crippen molar-refractivity contribution in [2.24, 2.45) is 0 Å². The fraction of sp³-hybridized carbons (Fsp3) is 0.286. The number of hydrogen-bond donors (Lipinski definition) is 1. The SMILES string of the molecule is COc1ccccc1S(=O)(=O)NCC(OC)c1ccc(Cl)s1. The number of methoxy groups -OCH3 is 2. The third-order valence-electron chi connectivity index (χ3n) is 3.01. The van der Waals surface area contributed by atoms with Crippen LogP contribution < -0.4 is 9.46 Å². The Morgan fingerprint density at radius 3 is 2.55 bits per heavy atom. The van der Waals surface area contributed by atoms with Crippen LogP contribution in [0.4, 0.5) is 0 Å². The van der Waals surface area contributed by atoms with Gasteiger partial charge in [0.05, 0.1) is 11.4 Å². The number of benzene rings is 1. The smallest absolute Gasteiger partial charge is 0.244 e. The van der Waals surface area contributed by atoms with Gasteiger partial charge < -0.3 is 9.47 Å². The lowest BCUT2D eigenvalue weighted by Gasteiger charge is -2.15. The molecule has 1 N–H and O–H groups in total. The molecule has 0 aliphatic heterocycles. The summed E-state index contributed by atoms with van der Waals surface area (Å²) in [7, 11) is -0.739. The quantitative estimate of drug-likeness (QED) is 0.823. The van der Waals surface area contributed by atoms with Gasteiger partial charge in [-0.1, -0.05) is 23.7 Å². The molecule has 2 rings (SSSR count). The predicted octanol–water partition coefficient (Wildman–Crippen LogP) is 3.08. The lowest BCUT2D eigenvalue weighted by atomic mass is 10.3. The number of ether oxygens (including phenoxy) is 2. The first-order valence-electron chi connectivity index (χ1n) is 6.38. The van der Waals surface area contributed by atoms with Gasteiger partial charge in [0.2, 0.25) is 10.0 Å². The van der Waals surface area contributed by atoms with Crippen LogP contribution in [0.15, 0.2) is 41.3 Å². The maximum absolute atomic E-state index is 12.4. The molecule has 8 heteroatoms. The van der Waals surface area contributed by atoms with Crippen molar-refractivity contribution in [1.82, 2.24) is 4.72 Å². The van der Waals surface area contributed by atoms with Crippen molar-refractivity contribution in [1.29, 1.82) is 0 Å². The van der Waals surface area contributed by atoms with Crippen molar-refractivity contribution in [3.63, 3.8) is 0 Å². The molecule has 2 aromatic rings. The summed E-state index contributed by atoms with van der Waals surface area (Å²) in [5.74, 6) is 0.295. The van der Waals surface area contributed by atoms with E-state index in [1.165, 1.54) is 31.6 Å². The van der Waals surface area contributed by atoms with Crippen LogP contribution >= 0.6 is 22.9 Å². The monoisotopic (exact) mass is 361 g/mol. The number of sulfonamides is 1. The minimum atomic E-state index is -3.69. The van der Waals surface area contributed by atoms with E-state index >= 15 is 0 Å². The highest BCUT2D eigenvalue weighted by Gasteiger charge is 2.21. The number of thiophene rings is 1. The minimum absolute atomic E-state index is 0.0940. The molecule has 5 nitrogen and oxygen atoms in total. The van der Waals surface area contributed by atoms with Gasteiger partial charge in [-0.25, -0.2) is 13.1 Å². The summed E-state index contributed by atoms with van der Waals surface area (Å²) in [5, 5.41) is 0. The van der Waals surface area contributed by atoms with Crippen LogP contribution in [-0.2, 0) is 14.8 Å². The lowest BCUT2D eigenvalue weighted by Crippen LogP contribution is -2.29. The Hall–Kier alpha value is -1.12. The fourth-order valence-corrected chi connectivity index (χ4v) is 4.24. The highest BCUT2D eigenvalue weighted by atomic mass is 35.5. The molecule has 22 heavy (non-hydrogen) atoms. The highest BCUT2D eigenvalue weighted by Crippen LogP contribution is 2.29. The van der Waals surface area contributed by atoms with Crippen molar-refractivity contribution in [2.75, 3.05) is 20.8 Å². The van der Waals surface area contributed by atoms with E-state index in [-0.39, 0.29) is 11.4 Å². The van der Waals surface area contributed by atoms with E-state index in [4.69, 9.17) is 21.1 Å². The molecule has 1 aromatic heterocycles. The van der Waals surface area contributed by atoms with Crippen LogP contribution in [0, 0.1) is 0 Å². The van der Waals surface area contributed by atoms with Crippen LogP contribution in [0.25, 0.3) is 0 Å². The fourth-order valence-electron chi connectivity index (χ4n) is 1.91. The van der Waals surface area contributed by atoms with Crippen molar-refractivity contribution in [3.05, 3.63) is 45.6 Å². The summed E-state index contributed by atoms with van der Waals surface area (Å²) in [6.45, 7) is 0.105. The first-order chi connectivity index (χ1) is 10.5. The van der Waals surface area contributed by atoms with E-state index < -0.39 is 16.1 Å². The second-order valence-electron chi connectivity index (χ2n) is 4.37. The second kappa shape index (κ2) is 7.43. The zero-order chi connectivity index (χ0) is 16.2. The van der Waals surface area contributed by atoms with Gasteiger partial charge in [-0.15, -0.1) is 11.3 Å². The minimum Gasteiger partial charge on any atom is -0.495 e. The van der Waals surface area contributed by atoms with Gasteiger partial charge in [0.15, 0.2) is 0 Å². The topological polar surface area (TPSA) is 64.6 Å². The van der Waals surface area contributed by atoms with E-state index in [0.29, 0.717) is 10.1 Å². The van der Waals surface area contributed by atoms with E-state index in [1.807, 2.05) is 6.07 Å². The molecule has 0 spiro atoms. The molecule has 0 amide bonds. The van der Waals surface area contributed by atoms with Gasteiger partial charge in [-0.05, 0) is 24.3 Å². The Balaban J connectivity index is 2.15. The second-order valence-corrected chi connectivity index (χ2v) is 7.85. The molecule has 120 valence electrons. The van der Waals surface area contributed by atoms with Crippen molar-refractivity contribution in [3.8, 4) is 5.75 Å². The molecule has 0 saturated carbocycles. The highest BCUT2D eigenvalue weighted by molar-refractivity contribution is 7.89. The van der Waals surface area contributed by atoms with Crippen molar-refractivity contribution < 1.29 is 17.9 Å². The van der Waals surface area contributed by atoms with Crippen LogP contribution in [0.2, 0.25) is 4.34 Å². The van der Waals surface area contributed by atoms with Crippen LogP contribution in [0.1, 0.15) is 11.0 Å². The summed E-state index contributed by atoms with van der Waals surface area (Å²) >= 11 is 7.25. The van der Waals surface area contributed by atoms with E-state index in [0.717, 1.165) is 4.88 Å². The van der Waals surface area contributed by atoms with E-state index in [2.05, 4.69) is 4.72 Å². The molecule has 0 aliphatic carbocycles. The Bertz CT molecular complexity index is 730.